The van der Waals surface area contributed by atoms with Gasteiger partial charge in [0.25, 0.3) is 0 Å². The summed E-state index contributed by atoms with van der Waals surface area (Å²) in [7, 11) is 0. The number of thiocyanates is 1. The summed E-state index contributed by atoms with van der Waals surface area (Å²) in [6.07, 6.45) is 0. The van der Waals surface area contributed by atoms with Crippen LogP contribution in [0.25, 0.3) is 0 Å². The summed E-state index contributed by atoms with van der Waals surface area (Å²) in [5, 5.41) is 10.4. The van der Waals surface area contributed by atoms with Crippen molar-refractivity contribution in [1.29, 1.82) is 5.26 Å². The normalized spacial score (nSPS) is 9.23. The molecule has 0 aliphatic carbocycles. The van der Waals surface area contributed by atoms with Gasteiger partial charge in [-0.05, 0) is 30.8 Å². The first-order valence-electron chi connectivity index (χ1n) is 3.61. The summed E-state index contributed by atoms with van der Waals surface area (Å²) in [6, 6.07) is 5.25. The van der Waals surface area contributed by atoms with Gasteiger partial charge in [-0.3, -0.25) is 4.79 Å². The molecule has 2 N–H and O–H groups in total. The van der Waals surface area contributed by atoms with Gasteiger partial charge in [0.05, 0.1) is 5.56 Å². The lowest BCUT2D eigenvalue weighted by molar-refractivity contribution is 0.0997. The van der Waals surface area contributed by atoms with Gasteiger partial charge in [0, 0.05) is 4.90 Å². The molecule has 1 aromatic rings. The molecule has 0 fully saturated rings. The Bertz CT molecular complexity index is 382. The number of nitrogens with two attached hydrogens (primary N) is 1. The molecule has 0 spiro atoms. The van der Waals surface area contributed by atoms with E-state index in [9.17, 15) is 4.79 Å². The predicted octanol–water partition coefficient (Wildman–Crippen LogP) is 1.67. The zero-order valence-electron chi connectivity index (χ0n) is 7.07. The molecule has 0 unspecified atom stereocenters. The van der Waals surface area contributed by atoms with E-state index in [1.54, 1.807) is 12.1 Å². The average molecular weight is 192 g/mol. The number of thioether (sulfide) groups is 1. The van der Waals surface area contributed by atoms with E-state index in [2.05, 4.69) is 0 Å². The van der Waals surface area contributed by atoms with Crippen molar-refractivity contribution in [3.63, 3.8) is 0 Å². The summed E-state index contributed by atoms with van der Waals surface area (Å²) in [6.45, 7) is 1.87. The maximum absolute atomic E-state index is 10.9. The lowest BCUT2D eigenvalue weighted by atomic mass is 10.1. The minimum Gasteiger partial charge on any atom is -0.366 e. The maximum Gasteiger partial charge on any atom is 0.249 e. The number of primary amides is 1. The molecule has 0 aromatic heterocycles. The highest BCUT2D eigenvalue weighted by Gasteiger charge is 2.08. The Hall–Kier alpha value is -1.47. The van der Waals surface area contributed by atoms with Crippen molar-refractivity contribution >= 4 is 17.7 Å². The van der Waals surface area contributed by atoms with Crippen molar-refractivity contribution in [2.24, 2.45) is 5.73 Å². The Labute approximate surface area is 80.5 Å². The number of benzene rings is 1. The van der Waals surface area contributed by atoms with Crippen LogP contribution in [-0.4, -0.2) is 5.91 Å². The van der Waals surface area contributed by atoms with Crippen LogP contribution in [-0.2, 0) is 0 Å². The molecule has 4 heteroatoms. The van der Waals surface area contributed by atoms with Crippen LogP contribution >= 0.6 is 11.8 Å². The molecule has 0 aliphatic heterocycles. The lowest BCUT2D eigenvalue weighted by Gasteiger charge is -2.02. The molecule has 0 saturated heterocycles. The highest BCUT2D eigenvalue weighted by atomic mass is 32.2. The third-order valence-electron chi connectivity index (χ3n) is 1.56. The van der Waals surface area contributed by atoms with E-state index in [1.807, 2.05) is 18.4 Å². The van der Waals surface area contributed by atoms with Gasteiger partial charge in [0.15, 0.2) is 0 Å². The molecule has 1 rings (SSSR count). The molecular weight excluding hydrogens is 184 g/mol. The first-order valence-corrected chi connectivity index (χ1v) is 4.43. The maximum atomic E-state index is 10.9. The van der Waals surface area contributed by atoms with Crippen molar-refractivity contribution < 1.29 is 4.79 Å². The van der Waals surface area contributed by atoms with Gasteiger partial charge in [-0.25, -0.2) is 0 Å². The highest BCUT2D eigenvalue weighted by Crippen LogP contribution is 2.22. The summed E-state index contributed by atoms with van der Waals surface area (Å²) in [5.74, 6) is -0.499. The molecule has 13 heavy (non-hydrogen) atoms. The summed E-state index contributed by atoms with van der Waals surface area (Å²) >= 11 is 0.944. The minimum absolute atomic E-state index is 0.409. The van der Waals surface area contributed by atoms with Gasteiger partial charge in [-0.1, -0.05) is 11.6 Å². The second-order valence-electron chi connectivity index (χ2n) is 2.56. The Morgan fingerprint density at radius 2 is 2.31 bits per heavy atom. The van der Waals surface area contributed by atoms with Crippen molar-refractivity contribution in [3.05, 3.63) is 29.3 Å². The monoisotopic (exact) mass is 192 g/mol. The number of carbonyl (C=O) groups excluding carboxylic acids is 1. The van der Waals surface area contributed by atoms with E-state index in [0.29, 0.717) is 10.5 Å². The topological polar surface area (TPSA) is 66.9 Å². The molecule has 0 bridgehead atoms. The average Bonchev–Trinajstić information content (AvgIpc) is 2.08. The van der Waals surface area contributed by atoms with E-state index in [4.69, 9.17) is 11.0 Å². The van der Waals surface area contributed by atoms with Crippen LogP contribution in [0.15, 0.2) is 23.1 Å². The Morgan fingerprint density at radius 3 is 2.85 bits per heavy atom. The van der Waals surface area contributed by atoms with Gasteiger partial charge in [-0.2, -0.15) is 5.26 Å². The molecule has 1 aromatic carbocycles. The Kier molecular flexibility index (Phi) is 2.93. The first-order chi connectivity index (χ1) is 6.15. The molecule has 0 radical (unpaired) electrons. The number of amides is 1. The van der Waals surface area contributed by atoms with Crippen LogP contribution in [0.2, 0.25) is 0 Å². The molecule has 0 heterocycles. The number of hydrogen-bond donors (Lipinski definition) is 1. The number of hydrogen-bond acceptors (Lipinski definition) is 3. The largest absolute Gasteiger partial charge is 0.366 e. The fraction of sp³-hybridized carbons (Fsp3) is 0.111. The SMILES string of the molecule is Cc1ccc(SC#N)c(C(N)=O)c1. The highest BCUT2D eigenvalue weighted by molar-refractivity contribution is 8.03. The summed E-state index contributed by atoms with van der Waals surface area (Å²) < 4.78 is 0. The van der Waals surface area contributed by atoms with Crippen molar-refractivity contribution in [2.75, 3.05) is 0 Å². The predicted molar refractivity (Wildman–Crippen MR) is 51.2 cm³/mol. The van der Waals surface area contributed by atoms with Gasteiger partial charge in [0.2, 0.25) is 5.91 Å². The van der Waals surface area contributed by atoms with E-state index in [1.165, 1.54) is 0 Å². The van der Waals surface area contributed by atoms with E-state index < -0.39 is 5.91 Å². The molecule has 0 aliphatic rings. The van der Waals surface area contributed by atoms with Crippen molar-refractivity contribution in [1.82, 2.24) is 0 Å². The quantitative estimate of drug-likeness (QED) is 0.572. The number of rotatable bonds is 2. The standard InChI is InChI=1S/C9H8N2OS/c1-6-2-3-8(13-5-10)7(4-6)9(11)12/h2-4H,1H3,(H2,11,12). The fourth-order valence-corrected chi connectivity index (χ4v) is 1.48. The molecular formula is C9H8N2OS. The summed E-state index contributed by atoms with van der Waals surface area (Å²) in [5.41, 5.74) is 6.52. The zero-order chi connectivity index (χ0) is 9.84. The third kappa shape index (κ3) is 2.23. The van der Waals surface area contributed by atoms with Crippen molar-refractivity contribution in [3.8, 4) is 5.40 Å². The first kappa shape index (κ1) is 9.62. The van der Waals surface area contributed by atoms with Crippen LogP contribution in [0, 0.1) is 17.6 Å². The molecule has 66 valence electrons. The molecule has 0 saturated carbocycles. The van der Waals surface area contributed by atoms with Crippen LogP contribution in [0.4, 0.5) is 0 Å². The van der Waals surface area contributed by atoms with Crippen LogP contribution in [0.1, 0.15) is 15.9 Å². The van der Waals surface area contributed by atoms with Crippen LogP contribution < -0.4 is 5.73 Å². The number of nitrogens with zero attached hydrogens (tertiary/aromatic N) is 1. The van der Waals surface area contributed by atoms with Gasteiger partial charge < -0.3 is 5.73 Å². The van der Waals surface area contributed by atoms with Crippen LogP contribution in [0.5, 0.6) is 0 Å². The lowest BCUT2D eigenvalue weighted by Crippen LogP contribution is -2.12. The number of carbonyl (C=O) groups is 1. The summed E-state index contributed by atoms with van der Waals surface area (Å²) in [4.78, 5) is 11.6. The van der Waals surface area contributed by atoms with Crippen molar-refractivity contribution in [2.45, 2.75) is 11.8 Å². The van der Waals surface area contributed by atoms with E-state index in [-0.39, 0.29) is 0 Å². The Morgan fingerprint density at radius 1 is 1.62 bits per heavy atom. The van der Waals surface area contributed by atoms with Gasteiger partial charge in [0.1, 0.15) is 5.40 Å². The zero-order valence-corrected chi connectivity index (χ0v) is 7.89. The third-order valence-corrected chi connectivity index (χ3v) is 2.22. The van der Waals surface area contributed by atoms with Gasteiger partial charge >= 0.3 is 0 Å². The fourth-order valence-electron chi connectivity index (χ4n) is 0.975. The molecule has 3 nitrogen and oxygen atoms in total. The van der Waals surface area contributed by atoms with Gasteiger partial charge in [-0.15, -0.1) is 0 Å². The van der Waals surface area contributed by atoms with E-state index >= 15 is 0 Å². The smallest absolute Gasteiger partial charge is 0.249 e. The van der Waals surface area contributed by atoms with E-state index in [0.717, 1.165) is 17.3 Å². The molecule has 0 atom stereocenters. The minimum atomic E-state index is -0.499. The number of nitriles is 1. The molecule has 1 amide bonds. The number of aryl methyl sites for hydroxylation is 1. The second kappa shape index (κ2) is 3.97. The Balaban J connectivity index is 3.20. The second-order valence-corrected chi connectivity index (χ2v) is 3.38. The van der Waals surface area contributed by atoms with Crippen LogP contribution in [0.3, 0.4) is 0 Å².